The second-order valence-electron chi connectivity index (χ2n) is 5.93. The summed E-state index contributed by atoms with van der Waals surface area (Å²) in [5.41, 5.74) is 1.96. The summed E-state index contributed by atoms with van der Waals surface area (Å²) in [7, 11) is 0. The molecule has 18 heavy (non-hydrogen) atoms. The molecule has 2 saturated carbocycles. The van der Waals surface area contributed by atoms with Crippen molar-refractivity contribution in [2.24, 2.45) is 11.3 Å². The molecule has 0 spiro atoms. The Labute approximate surface area is 107 Å². The van der Waals surface area contributed by atoms with Crippen LogP contribution in [0.3, 0.4) is 0 Å². The number of hydrogen-bond donors (Lipinski definition) is 1. The van der Waals surface area contributed by atoms with Crippen LogP contribution in [0.15, 0.2) is 18.2 Å². The number of hydrogen-bond acceptors (Lipinski definition) is 3. The summed E-state index contributed by atoms with van der Waals surface area (Å²) in [6.07, 6.45) is 5.80. The number of benzene rings is 1. The Bertz CT molecular complexity index is 464. The van der Waals surface area contributed by atoms with E-state index in [1.54, 1.807) is 0 Å². The molecular weight excluding hydrogens is 226 g/mol. The van der Waals surface area contributed by atoms with E-state index in [9.17, 15) is 0 Å². The molecule has 96 valence electrons. The first-order valence-electron chi connectivity index (χ1n) is 6.95. The van der Waals surface area contributed by atoms with Crippen molar-refractivity contribution in [2.75, 3.05) is 13.3 Å². The maximum absolute atomic E-state index is 5.40. The summed E-state index contributed by atoms with van der Waals surface area (Å²) < 4.78 is 10.7. The lowest BCUT2D eigenvalue weighted by Crippen LogP contribution is -2.24. The van der Waals surface area contributed by atoms with E-state index in [1.165, 1.54) is 37.8 Å². The highest BCUT2D eigenvalue weighted by molar-refractivity contribution is 5.44. The Morgan fingerprint density at radius 2 is 2.00 bits per heavy atom. The van der Waals surface area contributed by atoms with Gasteiger partial charge in [0.2, 0.25) is 6.79 Å². The molecule has 1 N–H and O–H groups in total. The van der Waals surface area contributed by atoms with Crippen LogP contribution in [0.4, 0.5) is 0 Å². The molecule has 0 radical (unpaired) electrons. The molecule has 0 atom stereocenters. The molecule has 2 fully saturated rings. The van der Waals surface area contributed by atoms with Gasteiger partial charge in [-0.3, -0.25) is 0 Å². The standard InChI is InChI=1S/C15H19NO2/c1-4-13-14(18-10-17-13)7-11(1)8-16-9-15(5-6-15)12-2-3-12/h1,4,7,12,16H,2-3,5-6,8-10H2. The van der Waals surface area contributed by atoms with Gasteiger partial charge >= 0.3 is 0 Å². The Kier molecular flexibility index (Phi) is 2.31. The third-order valence-corrected chi connectivity index (χ3v) is 4.58. The van der Waals surface area contributed by atoms with Crippen molar-refractivity contribution in [1.82, 2.24) is 5.32 Å². The molecule has 3 heteroatoms. The van der Waals surface area contributed by atoms with E-state index < -0.39 is 0 Å². The molecule has 0 saturated heterocycles. The number of nitrogens with one attached hydrogen (secondary N) is 1. The molecule has 0 unspecified atom stereocenters. The molecule has 0 bridgehead atoms. The van der Waals surface area contributed by atoms with Crippen LogP contribution in [-0.2, 0) is 6.54 Å². The molecule has 0 aromatic heterocycles. The van der Waals surface area contributed by atoms with Gasteiger partial charge in [-0.05, 0) is 54.7 Å². The van der Waals surface area contributed by atoms with Crippen LogP contribution in [0.25, 0.3) is 0 Å². The van der Waals surface area contributed by atoms with Crippen molar-refractivity contribution >= 4 is 0 Å². The van der Waals surface area contributed by atoms with Crippen molar-refractivity contribution < 1.29 is 9.47 Å². The van der Waals surface area contributed by atoms with Crippen LogP contribution in [0.1, 0.15) is 31.2 Å². The summed E-state index contributed by atoms with van der Waals surface area (Å²) in [6, 6.07) is 6.22. The van der Waals surface area contributed by atoms with E-state index in [0.29, 0.717) is 12.2 Å². The highest BCUT2D eigenvalue weighted by Crippen LogP contribution is 2.60. The SMILES string of the molecule is c1cc2c(cc1CNCC1(C3CC3)CC1)OCO2. The van der Waals surface area contributed by atoms with Gasteiger partial charge in [0.1, 0.15) is 0 Å². The van der Waals surface area contributed by atoms with Crippen LogP contribution >= 0.6 is 0 Å². The van der Waals surface area contributed by atoms with Gasteiger partial charge in [-0.1, -0.05) is 6.07 Å². The first-order chi connectivity index (χ1) is 8.86. The van der Waals surface area contributed by atoms with Crippen LogP contribution in [0, 0.1) is 11.3 Å². The van der Waals surface area contributed by atoms with Crippen LogP contribution < -0.4 is 14.8 Å². The number of rotatable bonds is 5. The van der Waals surface area contributed by atoms with E-state index in [-0.39, 0.29) is 0 Å². The largest absolute Gasteiger partial charge is 0.454 e. The van der Waals surface area contributed by atoms with Crippen molar-refractivity contribution in [3.05, 3.63) is 23.8 Å². The molecular formula is C15H19NO2. The summed E-state index contributed by atoms with van der Waals surface area (Å²) in [6.45, 7) is 2.48. The van der Waals surface area contributed by atoms with Crippen molar-refractivity contribution in [3.63, 3.8) is 0 Å². The lowest BCUT2D eigenvalue weighted by atomic mass is 10.0. The van der Waals surface area contributed by atoms with E-state index >= 15 is 0 Å². The normalized spacial score (nSPS) is 23.1. The van der Waals surface area contributed by atoms with Crippen LogP contribution in [-0.4, -0.2) is 13.3 Å². The molecule has 1 aromatic rings. The van der Waals surface area contributed by atoms with E-state index in [1.807, 2.05) is 6.07 Å². The van der Waals surface area contributed by atoms with Gasteiger partial charge in [0.05, 0.1) is 0 Å². The molecule has 1 aliphatic heterocycles. The minimum Gasteiger partial charge on any atom is -0.454 e. The number of fused-ring (bicyclic) bond motifs is 1. The second-order valence-corrected chi connectivity index (χ2v) is 5.93. The predicted molar refractivity (Wildman–Crippen MR) is 68.7 cm³/mol. The zero-order valence-electron chi connectivity index (χ0n) is 10.6. The lowest BCUT2D eigenvalue weighted by molar-refractivity contribution is 0.174. The van der Waals surface area contributed by atoms with Crippen molar-refractivity contribution in [2.45, 2.75) is 32.2 Å². The van der Waals surface area contributed by atoms with Crippen molar-refractivity contribution in [3.8, 4) is 11.5 Å². The fourth-order valence-corrected chi connectivity index (χ4v) is 3.09. The third kappa shape index (κ3) is 1.87. The number of ether oxygens (including phenoxy) is 2. The molecule has 3 aliphatic rings. The van der Waals surface area contributed by atoms with Crippen molar-refractivity contribution in [1.29, 1.82) is 0 Å². The second kappa shape index (κ2) is 3.89. The lowest BCUT2D eigenvalue weighted by Gasteiger charge is -2.15. The molecule has 4 rings (SSSR count). The maximum atomic E-state index is 5.40. The summed E-state index contributed by atoms with van der Waals surface area (Å²) in [5.74, 6) is 2.79. The van der Waals surface area contributed by atoms with Gasteiger partial charge in [-0.25, -0.2) is 0 Å². The first-order valence-corrected chi connectivity index (χ1v) is 6.95. The van der Waals surface area contributed by atoms with Gasteiger partial charge in [-0.15, -0.1) is 0 Å². The van der Waals surface area contributed by atoms with E-state index in [2.05, 4.69) is 17.4 Å². The highest BCUT2D eigenvalue weighted by Gasteiger charge is 2.53. The van der Waals surface area contributed by atoms with Crippen LogP contribution in [0.5, 0.6) is 11.5 Å². The Morgan fingerprint density at radius 1 is 1.17 bits per heavy atom. The smallest absolute Gasteiger partial charge is 0.231 e. The van der Waals surface area contributed by atoms with Gasteiger partial charge in [0, 0.05) is 13.1 Å². The quantitative estimate of drug-likeness (QED) is 0.865. The Hall–Kier alpha value is -1.22. The average Bonchev–Trinajstić information content (AvgIpc) is 3.27. The fraction of sp³-hybridized carbons (Fsp3) is 0.600. The summed E-state index contributed by atoms with van der Waals surface area (Å²) in [5, 5.41) is 3.62. The minimum atomic E-state index is 0.358. The van der Waals surface area contributed by atoms with Gasteiger partial charge < -0.3 is 14.8 Å². The van der Waals surface area contributed by atoms with Gasteiger partial charge in [-0.2, -0.15) is 0 Å². The summed E-state index contributed by atoms with van der Waals surface area (Å²) in [4.78, 5) is 0. The third-order valence-electron chi connectivity index (χ3n) is 4.58. The topological polar surface area (TPSA) is 30.5 Å². The van der Waals surface area contributed by atoms with Gasteiger partial charge in [0.25, 0.3) is 0 Å². The molecule has 1 aromatic carbocycles. The Balaban J connectivity index is 1.34. The predicted octanol–water partition coefficient (Wildman–Crippen LogP) is 2.70. The zero-order valence-corrected chi connectivity index (χ0v) is 10.6. The summed E-state index contributed by atoms with van der Waals surface area (Å²) >= 11 is 0. The highest BCUT2D eigenvalue weighted by atomic mass is 16.7. The average molecular weight is 245 g/mol. The maximum Gasteiger partial charge on any atom is 0.231 e. The Morgan fingerprint density at radius 3 is 2.78 bits per heavy atom. The van der Waals surface area contributed by atoms with E-state index in [4.69, 9.17) is 9.47 Å². The molecule has 2 aliphatic carbocycles. The molecule has 3 nitrogen and oxygen atoms in total. The minimum absolute atomic E-state index is 0.358. The zero-order chi connectivity index (χ0) is 12.0. The molecule has 1 heterocycles. The monoisotopic (exact) mass is 245 g/mol. The van der Waals surface area contributed by atoms with Gasteiger partial charge in [0.15, 0.2) is 11.5 Å². The van der Waals surface area contributed by atoms with Crippen LogP contribution in [0.2, 0.25) is 0 Å². The molecule has 0 amide bonds. The first kappa shape index (κ1) is 10.7. The fourth-order valence-electron chi connectivity index (χ4n) is 3.09. The van der Waals surface area contributed by atoms with E-state index in [0.717, 1.165) is 24.0 Å².